The number of carbonyl (C=O) groups is 1. The number of amides is 1. The Bertz CT molecular complexity index is 1010. The molecule has 2 N–H and O–H groups in total. The molecule has 0 spiro atoms. The lowest BCUT2D eigenvalue weighted by Gasteiger charge is -2.33. The molecule has 0 fully saturated rings. The van der Waals surface area contributed by atoms with E-state index < -0.39 is 11.3 Å². The molecule has 4 rings (SSSR count). The maximum atomic E-state index is 13.4. The van der Waals surface area contributed by atoms with Crippen LogP contribution in [0.25, 0.3) is 0 Å². The van der Waals surface area contributed by atoms with Gasteiger partial charge in [0.25, 0.3) is 0 Å². The molecule has 9 heteroatoms. The Morgan fingerprint density at radius 3 is 2.41 bits per heavy atom. The number of anilines is 1. The second-order valence-electron chi connectivity index (χ2n) is 6.68. The van der Waals surface area contributed by atoms with Crippen molar-refractivity contribution in [3.8, 4) is 0 Å². The molecule has 3 aromatic rings. The molecule has 150 valence electrons. The molecule has 29 heavy (non-hydrogen) atoms. The molecular formula is C20H19F2N5OS. The van der Waals surface area contributed by atoms with Gasteiger partial charge < -0.3 is 10.7 Å². The van der Waals surface area contributed by atoms with Gasteiger partial charge in [-0.1, -0.05) is 30.8 Å². The fraction of sp³-hybridized carbons (Fsp3) is 0.250. The van der Waals surface area contributed by atoms with E-state index in [0.29, 0.717) is 10.8 Å². The maximum Gasteiger partial charge on any atom is 0.240 e. The summed E-state index contributed by atoms with van der Waals surface area (Å²) in [7, 11) is 0. The van der Waals surface area contributed by atoms with Crippen molar-refractivity contribution in [3.05, 3.63) is 71.6 Å². The lowest BCUT2D eigenvalue weighted by atomic mass is 10.0. The van der Waals surface area contributed by atoms with Crippen molar-refractivity contribution >= 4 is 23.4 Å². The third-order valence-electron chi connectivity index (χ3n) is 4.58. The van der Waals surface area contributed by atoms with Gasteiger partial charge in [-0.3, -0.25) is 4.79 Å². The predicted molar refractivity (Wildman–Crippen MR) is 107 cm³/mol. The van der Waals surface area contributed by atoms with Crippen molar-refractivity contribution in [1.29, 1.82) is 0 Å². The summed E-state index contributed by atoms with van der Waals surface area (Å²) < 4.78 is 28.4. The average molecular weight is 415 g/mol. The number of thioether (sulfide) groups is 1. The quantitative estimate of drug-likeness (QED) is 0.661. The minimum Gasteiger partial charge on any atom is -0.325 e. The number of aromatic nitrogens is 3. The van der Waals surface area contributed by atoms with E-state index in [1.165, 1.54) is 48.2 Å². The van der Waals surface area contributed by atoms with Crippen molar-refractivity contribution in [2.45, 2.75) is 36.2 Å². The van der Waals surface area contributed by atoms with E-state index in [0.717, 1.165) is 24.2 Å². The van der Waals surface area contributed by atoms with Gasteiger partial charge in [-0.2, -0.15) is 0 Å². The van der Waals surface area contributed by atoms with Crippen LogP contribution in [0.5, 0.6) is 0 Å². The van der Waals surface area contributed by atoms with Crippen LogP contribution >= 0.6 is 11.8 Å². The number of aryl methyl sites for hydroxylation is 1. The lowest BCUT2D eigenvalue weighted by molar-refractivity contribution is -0.116. The van der Waals surface area contributed by atoms with E-state index in [9.17, 15) is 13.6 Å². The summed E-state index contributed by atoms with van der Waals surface area (Å²) >= 11 is 1.29. The molecule has 6 nitrogen and oxygen atoms in total. The summed E-state index contributed by atoms with van der Waals surface area (Å²) in [6, 6.07) is 11.2. The van der Waals surface area contributed by atoms with Crippen molar-refractivity contribution < 1.29 is 13.6 Å². The van der Waals surface area contributed by atoms with Gasteiger partial charge in [0.2, 0.25) is 11.1 Å². The zero-order valence-corrected chi connectivity index (χ0v) is 16.4. The van der Waals surface area contributed by atoms with Crippen LogP contribution in [-0.2, 0) is 11.2 Å². The predicted octanol–water partition coefficient (Wildman–Crippen LogP) is 3.91. The summed E-state index contributed by atoms with van der Waals surface area (Å²) in [5.41, 5.74) is 4.58. The molecule has 0 radical (unpaired) electrons. The van der Waals surface area contributed by atoms with Crippen LogP contribution in [0.3, 0.4) is 0 Å². The molecule has 0 unspecified atom stereocenters. The van der Waals surface area contributed by atoms with Gasteiger partial charge >= 0.3 is 0 Å². The molecule has 0 saturated heterocycles. The molecular weight excluding hydrogens is 396 g/mol. The number of rotatable bonds is 5. The monoisotopic (exact) mass is 415 g/mol. The first-order valence-electron chi connectivity index (χ1n) is 9.24. The normalized spacial score (nSPS) is 18.0. The molecule has 2 heterocycles. The smallest absolute Gasteiger partial charge is 0.240 e. The fourth-order valence-electron chi connectivity index (χ4n) is 3.15. The highest BCUT2D eigenvalue weighted by atomic mass is 32.2. The number of benzene rings is 2. The first-order valence-corrected chi connectivity index (χ1v) is 10.1. The van der Waals surface area contributed by atoms with Crippen LogP contribution in [0.1, 0.15) is 30.8 Å². The Labute approximate surface area is 170 Å². The molecule has 0 bridgehead atoms. The average Bonchev–Trinajstić information content (AvgIpc) is 3.11. The van der Waals surface area contributed by atoms with Crippen LogP contribution < -0.4 is 10.7 Å². The molecule has 2 aromatic carbocycles. The number of halogens is 2. The Morgan fingerprint density at radius 1 is 1.10 bits per heavy atom. The highest BCUT2D eigenvalue weighted by Gasteiger charge is 2.37. The Balaban J connectivity index is 1.65. The first-order chi connectivity index (χ1) is 14.0. The van der Waals surface area contributed by atoms with Gasteiger partial charge in [-0.05, 0) is 48.4 Å². The van der Waals surface area contributed by atoms with Crippen molar-refractivity contribution in [1.82, 2.24) is 14.9 Å². The van der Waals surface area contributed by atoms with Crippen LogP contribution in [0, 0.1) is 11.6 Å². The van der Waals surface area contributed by atoms with Gasteiger partial charge in [-0.25, -0.2) is 13.5 Å². The lowest BCUT2D eigenvalue weighted by Crippen LogP contribution is -2.41. The standard InChI is InChI=1S/C20H19F2N5OS/c1-2-3-16-24-25-20-27(16)26-17(12-4-6-13(21)7-5-12)18(29-20)19(28)23-15-10-8-14(22)9-11-15/h4-11,17-18,26H,2-3H2,1H3,(H,23,28)/t17-,18-/m0/s1. The number of fused-ring (bicyclic) bond motifs is 1. The van der Waals surface area contributed by atoms with Crippen molar-refractivity contribution in [2.24, 2.45) is 0 Å². The largest absolute Gasteiger partial charge is 0.325 e. The van der Waals surface area contributed by atoms with E-state index in [4.69, 9.17) is 0 Å². The Morgan fingerprint density at radius 2 is 1.76 bits per heavy atom. The van der Waals surface area contributed by atoms with Gasteiger partial charge in [0.1, 0.15) is 16.9 Å². The Hall–Kier alpha value is -2.94. The highest BCUT2D eigenvalue weighted by molar-refractivity contribution is 8.00. The van der Waals surface area contributed by atoms with Gasteiger partial charge in [0, 0.05) is 12.1 Å². The zero-order chi connectivity index (χ0) is 20.4. The number of hydrogen-bond donors (Lipinski definition) is 2. The summed E-state index contributed by atoms with van der Waals surface area (Å²) in [5, 5.41) is 11.2. The van der Waals surface area contributed by atoms with Crippen LogP contribution in [0.4, 0.5) is 14.5 Å². The molecule has 1 aromatic heterocycles. The fourth-order valence-corrected chi connectivity index (χ4v) is 4.25. The number of hydrogen-bond acceptors (Lipinski definition) is 5. The third kappa shape index (κ3) is 4.09. The van der Waals surface area contributed by atoms with Gasteiger partial charge in [0.15, 0.2) is 5.82 Å². The van der Waals surface area contributed by atoms with Crippen molar-refractivity contribution in [2.75, 3.05) is 10.7 Å². The topological polar surface area (TPSA) is 71.8 Å². The highest BCUT2D eigenvalue weighted by Crippen LogP contribution is 2.37. The molecule has 1 aliphatic heterocycles. The van der Waals surface area contributed by atoms with E-state index in [-0.39, 0.29) is 17.5 Å². The van der Waals surface area contributed by atoms with Gasteiger partial charge in [-0.15, -0.1) is 10.2 Å². The molecule has 0 aliphatic carbocycles. The second kappa shape index (κ2) is 8.20. The van der Waals surface area contributed by atoms with Gasteiger partial charge in [0.05, 0.1) is 6.04 Å². The number of carbonyl (C=O) groups excluding carboxylic acids is 1. The van der Waals surface area contributed by atoms with E-state index in [1.54, 1.807) is 16.8 Å². The van der Waals surface area contributed by atoms with E-state index >= 15 is 0 Å². The Kier molecular flexibility index (Phi) is 5.48. The minimum absolute atomic E-state index is 0.269. The summed E-state index contributed by atoms with van der Waals surface area (Å²) in [5.74, 6) is -0.215. The minimum atomic E-state index is -0.586. The first kappa shape index (κ1) is 19.4. The van der Waals surface area contributed by atoms with Crippen LogP contribution in [0.2, 0.25) is 0 Å². The summed E-state index contributed by atoms with van der Waals surface area (Å²) in [4.78, 5) is 13.0. The van der Waals surface area contributed by atoms with Crippen LogP contribution in [0.15, 0.2) is 53.7 Å². The third-order valence-corrected chi connectivity index (χ3v) is 5.79. The maximum absolute atomic E-state index is 13.4. The second-order valence-corrected chi connectivity index (χ2v) is 7.79. The zero-order valence-electron chi connectivity index (χ0n) is 15.6. The number of nitrogens with zero attached hydrogens (tertiary/aromatic N) is 3. The van der Waals surface area contributed by atoms with Crippen molar-refractivity contribution in [3.63, 3.8) is 0 Å². The summed E-state index contributed by atoms with van der Waals surface area (Å²) in [6.07, 6.45) is 1.64. The molecule has 1 aliphatic rings. The van der Waals surface area contributed by atoms with E-state index in [2.05, 4.69) is 20.9 Å². The van der Waals surface area contributed by atoms with E-state index in [1.807, 2.05) is 6.92 Å². The SMILES string of the molecule is CCCc1nnc2n1N[C@@H](c1ccc(F)cc1)[C@@H](C(=O)Nc1ccc(F)cc1)S2. The molecule has 1 amide bonds. The number of nitrogens with one attached hydrogen (secondary N) is 2. The molecule has 0 saturated carbocycles. The summed E-state index contributed by atoms with van der Waals surface area (Å²) in [6.45, 7) is 2.05. The van der Waals surface area contributed by atoms with Crippen LogP contribution in [-0.4, -0.2) is 26.0 Å². The molecule has 2 atom stereocenters.